The van der Waals surface area contributed by atoms with Crippen molar-refractivity contribution in [2.45, 2.75) is 0 Å². The molecule has 0 bridgehead atoms. The van der Waals surface area contributed by atoms with Crippen LogP contribution in [0.3, 0.4) is 0 Å². The number of hydrogen-bond donors (Lipinski definition) is 4. The van der Waals surface area contributed by atoms with Crippen LogP contribution in [0.1, 0.15) is 0 Å². The summed E-state index contributed by atoms with van der Waals surface area (Å²) < 4.78 is 4.75. The van der Waals surface area contributed by atoms with E-state index in [1.807, 2.05) is 60.7 Å². The first-order valence-corrected chi connectivity index (χ1v) is 8.11. The van der Waals surface area contributed by atoms with Crippen molar-refractivity contribution in [2.75, 3.05) is 21.3 Å². The molecule has 0 unspecified atom stereocenters. The molecule has 1 heterocycles. The first kappa shape index (κ1) is 16.8. The summed E-state index contributed by atoms with van der Waals surface area (Å²) in [6, 6.07) is 19.1. The van der Waals surface area contributed by atoms with Crippen molar-refractivity contribution < 1.29 is 4.63 Å². The molecular weight excluding hydrogens is 356 g/mol. The van der Waals surface area contributed by atoms with Crippen molar-refractivity contribution in [2.24, 2.45) is 0 Å². The lowest BCUT2D eigenvalue weighted by molar-refractivity contribution is 0.311. The highest BCUT2D eigenvalue weighted by atomic mass is 32.1. The minimum absolute atomic E-state index is 0.325. The number of nitrogens with one attached hydrogen (secondary N) is 4. The number of anilines is 4. The molecule has 0 spiro atoms. The lowest BCUT2D eigenvalue weighted by Gasteiger charge is -2.10. The van der Waals surface area contributed by atoms with Crippen LogP contribution < -0.4 is 21.3 Å². The van der Waals surface area contributed by atoms with Crippen molar-refractivity contribution in [1.29, 1.82) is 0 Å². The quantitative estimate of drug-likeness (QED) is 0.514. The van der Waals surface area contributed by atoms with Crippen LogP contribution >= 0.6 is 24.4 Å². The molecule has 7 nitrogen and oxygen atoms in total. The maximum Gasteiger partial charge on any atom is 0.221 e. The fourth-order valence-electron chi connectivity index (χ4n) is 1.94. The van der Waals surface area contributed by atoms with E-state index in [0.29, 0.717) is 21.9 Å². The first-order valence-electron chi connectivity index (χ1n) is 7.29. The summed E-state index contributed by atoms with van der Waals surface area (Å²) in [6.07, 6.45) is 0. The second-order valence-electron chi connectivity index (χ2n) is 4.85. The number of aromatic nitrogens is 2. The van der Waals surface area contributed by atoms with Crippen LogP contribution in [0, 0.1) is 0 Å². The molecule has 1 aromatic heterocycles. The Bertz CT molecular complexity index is 783. The molecule has 0 atom stereocenters. The molecular formula is C16H14N6OS2. The highest BCUT2D eigenvalue weighted by Gasteiger charge is 2.13. The zero-order valence-corrected chi connectivity index (χ0v) is 14.5. The Hall–Kier alpha value is -3.04. The maximum atomic E-state index is 5.25. The van der Waals surface area contributed by atoms with Gasteiger partial charge in [-0.1, -0.05) is 36.4 Å². The van der Waals surface area contributed by atoms with Crippen molar-refractivity contribution >= 4 is 57.7 Å². The van der Waals surface area contributed by atoms with Gasteiger partial charge in [0.2, 0.25) is 11.6 Å². The summed E-state index contributed by atoms with van der Waals surface area (Å²) in [5.41, 5.74) is 1.71. The van der Waals surface area contributed by atoms with E-state index in [2.05, 4.69) is 31.6 Å². The second-order valence-corrected chi connectivity index (χ2v) is 5.67. The molecule has 0 radical (unpaired) electrons. The third kappa shape index (κ3) is 4.96. The largest absolute Gasteiger partial charge is 0.332 e. The standard InChI is InChI=1S/C16H14N6OS2/c24-15(17-11-7-3-1-4-8-11)19-13-14(22-23-21-13)20-16(25)18-12-9-5-2-6-10-12/h1-10H,(H2,17,19,21,24)(H2,18,20,22,25). The molecule has 0 saturated carbocycles. The number of rotatable bonds is 4. The van der Waals surface area contributed by atoms with E-state index in [1.165, 1.54) is 0 Å². The van der Waals surface area contributed by atoms with Gasteiger partial charge in [0.25, 0.3) is 0 Å². The van der Waals surface area contributed by atoms with E-state index >= 15 is 0 Å². The lowest BCUT2D eigenvalue weighted by atomic mass is 10.3. The van der Waals surface area contributed by atoms with E-state index in [-0.39, 0.29) is 0 Å². The SMILES string of the molecule is S=C(Nc1ccccc1)Nc1nonc1NC(=S)Nc1ccccc1. The zero-order chi connectivity index (χ0) is 17.5. The van der Waals surface area contributed by atoms with Crippen LogP contribution in [0.5, 0.6) is 0 Å². The Kier molecular flexibility index (Phi) is 5.50. The van der Waals surface area contributed by atoms with Crippen LogP contribution in [0.4, 0.5) is 23.0 Å². The van der Waals surface area contributed by atoms with Gasteiger partial charge in [0, 0.05) is 11.4 Å². The number of para-hydroxylation sites is 2. The van der Waals surface area contributed by atoms with E-state index in [0.717, 1.165) is 11.4 Å². The molecule has 4 N–H and O–H groups in total. The van der Waals surface area contributed by atoms with Gasteiger partial charge in [-0.15, -0.1) is 0 Å². The van der Waals surface area contributed by atoms with E-state index in [4.69, 9.17) is 29.1 Å². The fraction of sp³-hybridized carbons (Fsp3) is 0. The van der Waals surface area contributed by atoms with Gasteiger partial charge >= 0.3 is 0 Å². The Morgan fingerprint density at radius 1 is 0.640 bits per heavy atom. The highest BCUT2D eigenvalue weighted by molar-refractivity contribution is 7.81. The smallest absolute Gasteiger partial charge is 0.221 e. The van der Waals surface area contributed by atoms with Gasteiger partial charge in [0.15, 0.2) is 10.2 Å². The van der Waals surface area contributed by atoms with E-state index in [1.54, 1.807) is 0 Å². The van der Waals surface area contributed by atoms with Crippen molar-refractivity contribution in [3.8, 4) is 0 Å². The molecule has 3 aromatic rings. The Morgan fingerprint density at radius 3 is 1.44 bits per heavy atom. The fourth-order valence-corrected chi connectivity index (χ4v) is 2.36. The van der Waals surface area contributed by atoms with Crippen molar-refractivity contribution in [3.05, 3.63) is 60.7 Å². The second kappa shape index (κ2) is 8.18. The minimum atomic E-state index is 0.325. The molecule has 25 heavy (non-hydrogen) atoms. The van der Waals surface area contributed by atoms with Gasteiger partial charge in [-0.25, -0.2) is 4.63 Å². The number of benzene rings is 2. The third-order valence-corrected chi connectivity index (χ3v) is 3.42. The van der Waals surface area contributed by atoms with Gasteiger partial charge in [-0.2, -0.15) is 0 Å². The summed E-state index contributed by atoms with van der Waals surface area (Å²) in [5.74, 6) is 0.649. The average molecular weight is 370 g/mol. The topological polar surface area (TPSA) is 87.0 Å². The molecule has 9 heteroatoms. The van der Waals surface area contributed by atoms with E-state index in [9.17, 15) is 0 Å². The normalized spacial score (nSPS) is 9.92. The van der Waals surface area contributed by atoms with Crippen LogP contribution in [0.2, 0.25) is 0 Å². The predicted molar refractivity (Wildman–Crippen MR) is 107 cm³/mol. The molecule has 0 aliphatic heterocycles. The number of hydrogen-bond acceptors (Lipinski definition) is 5. The van der Waals surface area contributed by atoms with Gasteiger partial charge in [-0.05, 0) is 59.0 Å². The summed E-state index contributed by atoms with van der Waals surface area (Å²) in [4.78, 5) is 0. The zero-order valence-electron chi connectivity index (χ0n) is 12.9. The summed E-state index contributed by atoms with van der Waals surface area (Å²) in [6.45, 7) is 0. The third-order valence-electron chi connectivity index (χ3n) is 3.02. The van der Waals surface area contributed by atoms with E-state index < -0.39 is 0 Å². The van der Waals surface area contributed by atoms with Crippen molar-refractivity contribution in [3.63, 3.8) is 0 Å². The highest BCUT2D eigenvalue weighted by Crippen LogP contribution is 2.17. The lowest BCUT2D eigenvalue weighted by Crippen LogP contribution is -2.23. The molecule has 0 amide bonds. The average Bonchev–Trinajstić information content (AvgIpc) is 3.03. The molecule has 0 aliphatic carbocycles. The van der Waals surface area contributed by atoms with Crippen LogP contribution in [-0.2, 0) is 0 Å². The first-order chi connectivity index (χ1) is 12.2. The Labute approximate surface area is 154 Å². The van der Waals surface area contributed by atoms with Gasteiger partial charge in [0.1, 0.15) is 0 Å². The Balaban J connectivity index is 1.58. The molecule has 126 valence electrons. The summed E-state index contributed by atoms with van der Waals surface area (Å²) in [5, 5.41) is 20.2. The molecule has 0 saturated heterocycles. The predicted octanol–water partition coefficient (Wildman–Crippen LogP) is 3.69. The maximum absolute atomic E-state index is 5.25. The van der Waals surface area contributed by atoms with Crippen molar-refractivity contribution in [1.82, 2.24) is 10.3 Å². The summed E-state index contributed by atoms with van der Waals surface area (Å²) >= 11 is 10.5. The molecule has 0 aliphatic rings. The molecule has 2 aromatic carbocycles. The number of nitrogens with zero attached hydrogens (tertiary/aromatic N) is 2. The number of thiocarbonyl (C=S) groups is 2. The molecule has 0 fully saturated rings. The van der Waals surface area contributed by atoms with Gasteiger partial charge in [0.05, 0.1) is 0 Å². The monoisotopic (exact) mass is 370 g/mol. The van der Waals surface area contributed by atoms with Gasteiger partial charge in [-0.3, -0.25) is 0 Å². The minimum Gasteiger partial charge on any atom is -0.332 e. The van der Waals surface area contributed by atoms with Crippen LogP contribution in [0.25, 0.3) is 0 Å². The Morgan fingerprint density at radius 2 is 1.04 bits per heavy atom. The van der Waals surface area contributed by atoms with Crippen LogP contribution in [-0.4, -0.2) is 20.5 Å². The van der Waals surface area contributed by atoms with Gasteiger partial charge < -0.3 is 21.3 Å². The molecule has 3 rings (SSSR count). The summed E-state index contributed by atoms with van der Waals surface area (Å²) in [7, 11) is 0. The van der Waals surface area contributed by atoms with Crippen LogP contribution in [0.15, 0.2) is 65.3 Å².